The zero-order chi connectivity index (χ0) is 27.4. The number of alkyl carbamates (subject to hydrolysis) is 1. The molecular formula is C30H36N4O4S. The lowest BCUT2D eigenvalue weighted by molar-refractivity contribution is -0.132. The normalized spacial score (nSPS) is 22.5. The molecule has 3 heterocycles. The summed E-state index contributed by atoms with van der Waals surface area (Å²) in [5, 5.41) is 2.66. The maximum absolute atomic E-state index is 14.0. The fourth-order valence-electron chi connectivity index (χ4n) is 5.90. The predicted octanol–water partition coefficient (Wildman–Crippen LogP) is 4.39. The lowest BCUT2D eigenvalue weighted by atomic mass is 9.84. The van der Waals surface area contributed by atoms with E-state index >= 15 is 0 Å². The molecule has 39 heavy (non-hydrogen) atoms. The maximum Gasteiger partial charge on any atom is 0.409 e. The lowest BCUT2D eigenvalue weighted by Gasteiger charge is -2.30. The Hall–Kier alpha value is -3.33. The van der Waals surface area contributed by atoms with Gasteiger partial charge in [0.05, 0.1) is 11.4 Å². The van der Waals surface area contributed by atoms with Gasteiger partial charge in [-0.05, 0) is 61.8 Å². The molecule has 8 nitrogen and oxygen atoms in total. The number of para-hydroxylation sites is 1. The molecule has 0 spiro atoms. The first kappa shape index (κ1) is 27.2. The summed E-state index contributed by atoms with van der Waals surface area (Å²) in [6, 6.07) is 15.2. The van der Waals surface area contributed by atoms with Crippen LogP contribution in [0.4, 0.5) is 10.5 Å². The maximum atomic E-state index is 14.0. The van der Waals surface area contributed by atoms with Gasteiger partial charge in [0.15, 0.2) is 0 Å². The van der Waals surface area contributed by atoms with E-state index in [2.05, 4.69) is 5.32 Å². The van der Waals surface area contributed by atoms with Crippen molar-refractivity contribution < 1.29 is 19.1 Å². The van der Waals surface area contributed by atoms with Crippen LogP contribution >= 0.6 is 11.8 Å². The van der Waals surface area contributed by atoms with E-state index in [1.807, 2.05) is 66.6 Å². The van der Waals surface area contributed by atoms with Gasteiger partial charge in [-0.3, -0.25) is 24.8 Å². The Kier molecular flexibility index (Phi) is 8.55. The van der Waals surface area contributed by atoms with Crippen molar-refractivity contribution >= 4 is 41.1 Å². The van der Waals surface area contributed by atoms with Gasteiger partial charge < -0.3 is 9.64 Å². The average Bonchev–Trinajstić information content (AvgIpc) is 3.32. The first-order valence-electron chi connectivity index (χ1n) is 13.6. The number of aryl methyl sites for hydroxylation is 1. The third kappa shape index (κ3) is 6.30. The van der Waals surface area contributed by atoms with Gasteiger partial charge in [-0.15, -0.1) is 0 Å². The van der Waals surface area contributed by atoms with E-state index in [1.54, 1.807) is 11.8 Å². The van der Waals surface area contributed by atoms with Crippen molar-refractivity contribution in [1.82, 2.24) is 10.2 Å². The summed E-state index contributed by atoms with van der Waals surface area (Å²) in [6.45, 7) is 3.43. The Morgan fingerprint density at radius 1 is 1.03 bits per heavy atom. The molecule has 2 aromatic rings. The molecule has 206 valence electrons. The number of nitrogens with zero attached hydrogens (tertiary/aromatic N) is 3. The Morgan fingerprint density at radius 3 is 2.38 bits per heavy atom. The Bertz CT molecular complexity index is 1230. The molecule has 2 saturated heterocycles. The van der Waals surface area contributed by atoms with Crippen molar-refractivity contribution in [3.05, 3.63) is 65.2 Å². The highest BCUT2D eigenvalue weighted by Crippen LogP contribution is 2.35. The van der Waals surface area contributed by atoms with E-state index in [4.69, 9.17) is 9.73 Å². The summed E-state index contributed by atoms with van der Waals surface area (Å²) in [6.07, 6.45) is 4.71. The van der Waals surface area contributed by atoms with Gasteiger partial charge in [0.1, 0.15) is 13.2 Å². The molecule has 3 amide bonds. The van der Waals surface area contributed by atoms with Crippen molar-refractivity contribution in [2.24, 2.45) is 16.8 Å². The summed E-state index contributed by atoms with van der Waals surface area (Å²) in [4.78, 5) is 48.7. The smallest absolute Gasteiger partial charge is 0.409 e. The zero-order valence-electron chi connectivity index (χ0n) is 22.6. The van der Waals surface area contributed by atoms with Crippen LogP contribution in [0.5, 0.6) is 0 Å². The molecule has 0 radical (unpaired) electrons. The lowest BCUT2D eigenvalue weighted by Crippen LogP contribution is -2.51. The van der Waals surface area contributed by atoms with Gasteiger partial charge in [-0.2, -0.15) is 11.8 Å². The summed E-state index contributed by atoms with van der Waals surface area (Å²) in [5.41, 5.74) is 3.91. The van der Waals surface area contributed by atoms with E-state index in [1.165, 1.54) is 30.6 Å². The van der Waals surface area contributed by atoms with Gasteiger partial charge in [0, 0.05) is 24.4 Å². The monoisotopic (exact) mass is 548 g/mol. The zero-order valence-corrected chi connectivity index (χ0v) is 23.4. The van der Waals surface area contributed by atoms with Crippen LogP contribution in [-0.2, 0) is 20.9 Å². The number of aliphatic imine (C=N–C) groups is 1. The number of carbonyl (C=O) groups is 3. The number of rotatable bonds is 7. The number of nitrogens with one attached hydrogen (secondary N) is 1. The summed E-state index contributed by atoms with van der Waals surface area (Å²) < 4.78 is 5.40. The van der Waals surface area contributed by atoms with Crippen LogP contribution in [-0.4, -0.2) is 66.3 Å². The molecule has 3 fully saturated rings. The molecule has 3 aliphatic heterocycles. The minimum atomic E-state index is -1.20. The second kappa shape index (κ2) is 12.2. The summed E-state index contributed by atoms with van der Waals surface area (Å²) >= 11 is 1.58. The number of hydrogen-bond acceptors (Lipinski definition) is 6. The molecule has 1 N–H and O–H groups in total. The van der Waals surface area contributed by atoms with Crippen LogP contribution in [0.3, 0.4) is 0 Å². The highest BCUT2D eigenvalue weighted by atomic mass is 32.2. The standard InChI is InChI=1S/C30H36N4O4S/c1-20-7-6-10-24-25(19-39-2)31-28(32-30(37)38-18-23-8-4-3-5-9-23)29(36)34(27(20)24)17-26(35)33-15-21-11-12-22(16-33)14-13-21/h3-10,21-22,28H,11-19H2,1-2H3,(H,32,37). The molecule has 1 unspecified atom stereocenters. The first-order valence-corrected chi connectivity index (χ1v) is 15.0. The largest absolute Gasteiger partial charge is 0.445 e. The second-order valence-electron chi connectivity index (χ2n) is 10.7. The number of benzodiazepines with no additional fused rings is 1. The molecule has 0 aromatic heterocycles. The molecule has 6 rings (SSSR count). The Labute approximate surface area is 234 Å². The molecular weight excluding hydrogens is 512 g/mol. The van der Waals surface area contributed by atoms with Crippen LogP contribution in [0, 0.1) is 18.8 Å². The number of ether oxygens (including phenoxy) is 1. The average molecular weight is 549 g/mol. The number of amides is 3. The number of fused-ring (bicyclic) bond motifs is 5. The molecule has 9 heteroatoms. The van der Waals surface area contributed by atoms with E-state index in [9.17, 15) is 14.4 Å². The fraction of sp³-hybridized carbons (Fsp3) is 0.467. The van der Waals surface area contributed by atoms with Crippen molar-refractivity contribution in [3.8, 4) is 0 Å². The van der Waals surface area contributed by atoms with E-state index in [-0.39, 0.29) is 19.1 Å². The summed E-state index contributed by atoms with van der Waals surface area (Å²) in [5.74, 6) is 1.12. The van der Waals surface area contributed by atoms with Crippen molar-refractivity contribution in [1.29, 1.82) is 0 Å². The highest BCUT2D eigenvalue weighted by Gasteiger charge is 2.37. The predicted molar refractivity (Wildman–Crippen MR) is 154 cm³/mol. The van der Waals surface area contributed by atoms with Crippen LogP contribution in [0.15, 0.2) is 53.5 Å². The minimum absolute atomic E-state index is 0.0601. The number of benzene rings is 2. The van der Waals surface area contributed by atoms with Crippen LogP contribution in [0.1, 0.15) is 42.4 Å². The van der Waals surface area contributed by atoms with Gasteiger partial charge in [-0.25, -0.2) is 4.79 Å². The van der Waals surface area contributed by atoms with Crippen LogP contribution < -0.4 is 10.2 Å². The molecule has 4 aliphatic rings. The number of carbonyl (C=O) groups excluding carboxylic acids is 3. The van der Waals surface area contributed by atoms with E-state index < -0.39 is 18.2 Å². The van der Waals surface area contributed by atoms with Crippen LogP contribution in [0.25, 0.3) is 0 Å². The molecule has 1 saturated carbocycles. The van der Waals surface area contributed by atoms with Crippen LogP contribution in [0.2, 0.25) is 0 Å². The van der Waals surface area contributed by atoms with Gasteiger partial charge in [-0.1, -0.05) is 48.5 Å². The number of hydrogen-bond donors (Lipinski definition) is 1. The van der Waals surface area contributed by atoms with E-state index in [0.717, 1.165) is 29.8 Å². The number of anilines is 1. The molecule has 2 bridgehead atoms. The fourth-order valence-corrected chi connectivity index (χ4v) is 6.40. The number of thioether (sulfide) groups is 1. The summed E-state index contributed by atoms with van der Waals surface area (Å²) in [7, 11) is 0. The topological polar surface area (TPSA) is 91.3 Å². The third-order valence-corrected chi connectivity index (χ3v) is 8.48. The van der Waals surface area contributed by atoms with E-state index in [0.29, 0.717) is 29.0 Å². The molecule has 1 atom stereocenters. The van der Waals surface area contributed by atoms with Gasteiger partial charge in [0.25, 0.3) is 5.91 Å². The Morgan fingerprint density at radius 2 is 1.72 bits per heavy atom. The SMILES string of the molecule is CSCC1=NC(NC(=O)OCc2ccccc2)C(=O)N(CC(=O)N2CC3CCC(CC3)C2)c2c(C)cccc21. The van der Waals surface area contributed by atoms with Gasteiger partial charge in [0.2, 0.25) is 12.1 Å². The quantitative estimate of drug-likeness (QED) is 0.554. The second-order valence-corrected chi connectivity index (χ2v) is 11.6. The van der Waals surface area contributed by atoms with Crippen molar-refractivity contribution in [2.45, 2.75) is 45.4 Å². The van der Waals surface area contributed by atoms with Crippen molar-refractivity contribution in [3.63, 3.8) is 0 Å². The third-order valence-electron chi connectivity index (χ3n) is 7.92. The van der Waals surface area contributed by atoms with Gasteiger partial charge >= 0.3 is 6.09 Å². The minimum Gasteiger partial charge on any atom is -0.445 e. The van der Waals surface area contributed by atoms with Crippen molar-refractivity contribution in [2.75, 3.05) is 36.5 Å². The molecule has 1 aliphatic carbocycles. The Balaban J connectivity index is 1.41. The highest BCUT2D eigenvalue weighted by molar-refractivity contribution is 7.99. The molecule has 2 aromatic carbocycles. The first-order chi connectivity index (χ1) is 18.9.